The van der Waals surface area contributed by atoms with Crippen LogP contribution in [-0.4, -0.2) is 6.04 Å². The van der Waals surface area contributed by atoms with Crippen LogP contribution in [0.3, 0.4) is 0 Å². The molecule has 1 heteroatoms. The molecule has 1 N–H and O–H groups in total. The standard InChI is InChI=1S/C18H19N/c1-18(2)11-16(18)19-17-14-9-5-3-7-12(14)13-8-4-6-10-15(13)17/h3-10,16-17,19H,11H2,1-2H3. The van der Waals surface area contributed by atoms with Gasteiger partial charge in [0.15, 0.2) is 0 Å². The molecule has 1 unspecified atom stereocenters. The lowest BCUT2D eigenvalue weighted by Crippen LogP contribution is -2.25. The molecule has 0 aliphatic heterocycles. The molecule has 1 saturated carbocycles. The van der Waals surface area contributed by atoms with Gasteiger partial charge >= 0.3 is 0 Å². The molecule has 1 nitrogen and oxygen atoms in total. The maximum atomic E-state index is 3.86. The molecule has 0 saturated heterocycles. The topological polar surface area (TPSA) is 12.0 Å². The van der Waals surface area contributed by atoms with Gasteiger partial charge in [0.05, 0.1) is 6.04 Å². The average molecular weight is 249 g/mol. The van der Waals surface area contributed by atoms with E-state index in [1.165, 1.54) is 28.7 Å². The van der Waals surface area contributed by atoms with Gasteiger partial charge in [-0.3, -0.25) is 0 Å². The first kappa shape index (κ1) is 11.2. The first-order valence-electron chi connectivity index (χ1n) is 7.11. The smallest absolute Gasteiger partial charge is 0.0591 e. The Bertz CT molecular complexity index is 596. The van der Waals surface area contributed by atoms with E-state index in [1.807, 2.05) is 0 Å². The van der Waals surface area contributed by atoms with Crippen LogP contribution in [0.1, 0.15) is 37.4 Å². The predicted molar refractivity (Wildman–Crippen MR) is 79.0 cm³/mol. The maximum Gasteiger partial charge on any atom is 0.0591 e. The third kappa shape index (κ3) is 1.65. The van der Waals surface area contributed by atoms with E-state index in [9.17, 15) is 0 Å². The van der Waals surface area contributed by atoms with E-state index in [4.69, 9.17) is 0 Å². The SMILES string of the molecule is CC1(C)CC1NC1c2ccccc2-c2ccccc21. The minimum Gasteiger partial charge on any atom is -0.303 e. The van der Waals surface area contributed by atoms with Crippen LogP contribution in [0.25, 0.3) is 11.1 Å². The Kier molecular flexibility index (Phi) is 2.19. The lowest BCUT2D eigenvalue weighted by Gasteiger charge is -2.17. The Labute approximate surface area is 114 Å². The van der Waals surface area contributed by atoms with Gasteiger partial charge in [0.2, 0.25) is 0 Å². The van der Waals surface area contributed by atoms with E-state index in [1.54, 1.807) is 0 Å². The zero-order chi connectivity index (χ0) is 13.0. The molecule has 0 spiro atoms. The molecular weight excluding hydrogens is 230 g/mol. The number of nitrogens with one attached hydrogen (secondary N) is 1. The van der Waals surface area contributed by atoms with Gasteiger partial charge < -0.3 is 5.32 Å². The molecule has 1 fully saturated rings. The Morgan fingerprint density at radius 3 is 1.84 bits per heavy atom. The second kappa shape index (κ2) is 3.71. The Balaban J connectivity index is 1.78. The third-order valence-corrected chi connectivity index (χ3v) is 4.72. The van der Waals surface area contributed by atoms with Gasteiger partial charge in [0.25, 0.3) is 0 Å². The number of benzene rings is 2. The van der Waals surface area contributed by atoms with Crippen LogP contribution in [0.5, 0.6) is 0 Å². The predicted octanol–water partition coefficient (Wildman–Crippen LogP) is 4.14. The van der Waals surface area contributed by atoms with E-state index >= 15 is 0 Å². The highest BCUT2D eigenvalue weighted by Crippen LogP contribution is 2.49. The lowest BCUT2D eigenvalue weighted by atomic mass is 10.0. The van der Waals surface area contributed by atoms with Gasteiger partial charge in [0.1, 0.15) is 0 Å². The molecule has 2 aliphatic carbocycles. The quantitative estimate of drug-likeness (QED) is 0.843. The normalized spacial score (nSPS) is 22.9. The summed E-state index contributed by atoms with van der Waals surface area (Å²) in [6.07, 6.45) is 1.29. The molecule has 0 radical (unpaired) electrons. The van der Waals surface area contributed by atoms with Crippen LogP contribution in [0.2, 0.25) is 0 Å². The number of rotatable bonds is 2. The van der Waals surface area contributed by atoms with E-state index in [0.29, 0.717) is 17.5 Å². The summed E-state index contributed by atoms with van der Waals surface area (Å²) >= 11 is 0. The molecule has 0 amide bonds. The molecule has 2 aromatic carbocycles. The summed E-state index contributed by atoms with van der Waals surface area (Å²) in [5.74, 6) is 0. The molecular formula is C18H19N. The van der Waals surface area contributed by atoms with Gasteiger partial charge in [-0.2, -0.15) is 0 Å². The molecule has 1 atom stereocenters. The van der Waals surface area contributed by atoms with Gasteiger partial charge in [-0.1, -0.05) is 62.4 Å². The van der Waals surface area contributed by atoms with Crippen molar-refractivity contribution >= 4 is 0 Å². The second-order valence-corrected chi connectivity index (χ2v) is 6.52. The van der Waals surface area contributed by atoms with Crippen molar-refractivity contribution in [3.8, 4) is 11.1 Å². The van der Waals surface area contributed by atoms with Gasteiger partial charge in [-0.25, -0.2) is 0 Å². The molecule has 0 aromatic heterocycles. The van der Waals surface area contributed by atoms with E-state index in [0.717, 1.165) is 0 Å². The Morgan fingerprint density at radius 1 is 0.895 bits per heavy atom. The van der Waals surface area contributed by atoms with Crippen molar-refractivity contribution in [2.75, 3.05) is 0 Å². The van der Waals surface area contributed by atoms with Crippen molar-refractivity contribution < 1.29 is 0 Å². The van der Waals surface area contributed by atoms with Crippen LogP contribution in [0.4, 0.5) is 0 Å². The van der Waals surface area contributed by atoms with Crippen molar-refractivity contribution in [1.82, 2.24) is 5.32 Å². The average Bonchev–Trinajstić information content (AvgIpc) is 2.90. The molecule has 4 rings (SSSR count). The molecule has 0 bridgehead atoms. The minimum absolute atomic E-state index is 0.374. The minimum atomic E-state index is 0.374. The fraction of sp³-hybridized carbons (Fsp3) is 0.333. The van der Waals surface area contributed by atoms with Crippen LogP contribution in [-0.2, 0) is 0 Å². The maximum absolute atomic E-state index is 3.86. The van der Waals surface area contributed by atoms with Gasteiger partial charge in [0, 0.05) is 6.04 Å². The largest absolute Gasteiger partial charge is 0.303 e. The molecule has 0 heterocycles. The highest BCUT2D eigenvalue weighted by molar-refractivity contribution is 5.78. The number of hydrogen-bond donors (Lipinski definition) is 1. The second-order valence-electron chi connectivity index (χ2n) is 6.52. The Hall–Kier alpha value is -1.60. The highest BCUT2D eigenvalue weighted by Gasteiger charge is 2.47. The summed E-state index contributed by atoms with van der Waals surface area (Å²) in [4.78, 5) is 0. The van der Waals surface area contributed by atoms with Gasteiger partial charge in [-0.05, 0) is 34.1 Å². The summed E-state index contributed by atoms with van der Waals surface area (Å²) in [6, 6.07) is 18.6. The zero-order valence-corrected chi connectivity index (χ0v) is 11.5. The van der Waals surface area contributed by atoms with E-state index < -0.39 is 0 Å². The monoisotopic (exact) mass is 249 g/mol. The Morgan fingerprint density at radius 2 is 1.37 bits per heavy atom. The van der Waals surface area contributed by atoms with Gasteiger partial charge in [-0.15, -0.1) is 0 Å². The summed E-state index contributed by atoms with van der Waals surface area (Å²) in [7, 11) is 0. The van der Waals surface area contributed by atoms with Crippen molar-refractivity contribution in [3.05, 3.63) is 59.7 Å². The molecule has 96 valence electrons. The fourth-order valence-corrected chi connectivity index (χ4v) is 3.29. The first-order chi connectivity index (χ1) is 9.17. The molecule has 19 heavy (non-hydrogen) atoms. The van der Waals surface area contributed by atoms with E-state index in [2.05, 4.69) is 67.7 Å². The summed E-state index contributed by atoms with van der Waals surface area (Å²) in [5.41, 5.74) is 6.13. The third-order valence-electron chi connectivity index (χ3n) is 4.72. The van der Waals surface area contributed by atoms with Crippen molar-refractivity contribution in [2.24, 2.45) is 5.41 Å². The fourth-order valence-electron chi connectivity index (χ4n) is 3.29. The first-order valence-corrected chi connectivity index (χ1v) is 7.11. The number of fused-ring (bicyclic) bond motifs is 3. The lowest BCUT2D eigenvalue weighted by molar-refractivity contribution is 0.512. The van der Waals surface area contributed by atoms with Crippen LogP contribution >= 0.6 is 0 Å². The van der Waals surface area contributed by atoms with Crippen LogP contribution < -0.4 is 5.32 Å². The zero-order valence-electron chi connectivity index (χ0n) is 11.5. The molecule has 2 aromatic rings. The highest BCUT2D eigenvalue weighted by atomic mass is 15.0. The number of hydrogen-bond acceptors (Lipinski definition) is 1. The van der Waals surface area contributed by atoms with Crippen molar-refractivity contribution in [3.63, 3.8) is 0 Å². The van der Waals surface area contributed by atoms with Crippen molar-refractivity contribution in [2.45, 2.75) is 32.4 Å². The summed E-state index contributed by atoms with van der Waals surface area (Å²) < 4.78 is 0. The van der Waals surface area contributed by atoms with Crippen LogP contribution in [0, 0.1) is 5.41 Å². The van der Waals surface area contributed by atoms with Crippen LogP contribution in [0.15, 0.2) is 48.5 Å². The summed E-state index contributed by atoms with van der Waals surface area (Å²) in [6.45, 7) is 4.69. The summed E-state index contributed by atoms with van der Waals surface area (Å²) in [5, 5.41) is 3.86. The van der Waals surface area contributed by atoms with E-state index in [-0.39, 0.29) is 0 Å². The van der Waals surface area contributed by atoms with Crippen molar-refractivity contribution in [1.29, 1.82) is 0 Å². The molecule has 2 aliphatic rings.